The fourth-order valence-corrected chi connectivity index (χ4v) is 6.06. The number of benzene rings is 2. The van der Waals surface area contributed by atoms with Gasteiger partial charge in [-0.05, 0) is 31.0 Å². The first kappa shape index (κ1) is 31.0. The van der Waals surface area contributed by atoms with Crippen LogP contribution in [0.1, 0.15) is 41.6 Å². The van der Waals surface area contributed by atoms with Crippen molar-refractivity contribution in [1.29, 1.82) is 0 Å². The minimum Gasteiger partial charge on any atom is -0.481 e. The molecule has 0 radical (unpaired) electrons. The van der Waals surface area contributed by atoms with Crippen LogP contribution in [0.2, 0.25) is 15.1 Å². The first-order valence-corrected chi connectivity index (χ1v) is 14.9. The molecule has 224 valence electrons. The van der Waals surface area contributed by atoms with Crippen LogP contribution >= 0.6 is 34.8 Å². The number of amides is 1. The summed E-state index contributed by atoms with van der Waals surface area (Å²) in [7, 11) is 2.99. The SMILES string of the molecule is COc1nc(-c2cccc(-c3cccc(NC(=O)c4ccnn(C)c4=O)c3Cl)c2Cl)cc(Cl)c1CN[C@@H]1CCCC[C@@H]1O. The van der Waals surface area contributed by atoms with Gasteiger partial charge >= 0.3 is 0 Å². The Morgan fingerprint density at radius 3 is 2.49 bits per heavy atom. The molecular weight excluding hydrogens is 613 g/mol. The van der Waals surface area contributed by atoms with E-state index >= 15 is 0 Å². The molecule has 2 heterocycles. The first-order chi connectivity index (χ1) is 20.7. The van der Waals surface area contributed by atoms with Crippen LogP contribution in [0.15, 0.2) is 59.5 Å². The van der Waals surface area contributed by atoms with E-state index in [0.717, 1.165) is 30.4 Å². The maximum atomic E-state index is 12.9. The third kappa shape index (κ3) is 6.56. The van der Waals surface area contributed by atoms with Gasteiger partial charge < -0.3 is 20.5 Å². The maximum Gasteiger partial charge on any atom is 0.279 e. The summed E-state index contributed by atoms with van der Waals surface area (Å²) in [6.45, 7) is 0.393. The first-order valence-electron chi connectivity index (χ1n) is 13.8. The second-order valence-electron chi connectivity index (χ2n) is 10.3. The van der Waals surface area contributed by atoms with E-state index in [2.05, 4.69) is 15.7 Å². The Bertz CT molecular complexity index is 1730. The Labute approximate surface area is 263 Å². The van der Waals surface area contributed by atoms with Crippen LogP contribution in [0, 0.1) is 0 Å². The number of ether oxygens (including phenoxy) is 1. The van der Waals surface area contributed by atoms with Gasteiger partial charge in [0.1, 0.15) is 5.56 Å². The van der Waals surface area contributed by atoms with Crippen molar-refractivity contribution in [3.8, 4) is 28.3 Å². The number of anilines is 1. The number of methoxy groups -OCH3 is 1. The number of carbonyl (C=O) groups excluding carboxylic acids is 1. The molecule has 4 aromatic rings. The molecule has 1 saturated carbocycles. The smallest absolute Gasteiger partial charge is 0.279 e. The summed E-state index contributed by atoms with van der Waals surface area (Å²) in [5.41, 5.74) is 2.69. The van der Waals surface area contributed by atoms with E-state index in [4.69, 9.17) is 44.5 Å². The van der Waals surface area contributed by atoms with Crippen LogP contribution in [0.5, 0.6) is 5.88 Å². The summed E-state index contributed by atoms with van der Waals surface area (Å²) in [6, 6.07) is 13.7. The molecule has 0 saturated heterocycles. The van der Waals surface area contributed by atoms with Gasteiger partial charge in [-0.3, -0.25) is 9.59 Å². The summed E-state index contributed by atoms with van der Waals surface area (Å²) < 4.78 is 6.68. The number of rotatable bonds is 8. The molecule has 2 aromatic heterocycles. The number of aromatic nitrogens is 3. The molecule has 0 bridgehead atoms. The highest BCUT2D eigenvalue weighted by atomic mass is 35.5. The molecule has 1 aliphatic rings. The molecule has 2 atom stereocenters. The predicted octanol–water partition coefficient (Wildman–Crippen LogP) is 6.12. The van der Waals surface area contributed by atoms with E-state index in [1.807, 2.05) is 18.2 Å². The van der Waals surface area contributed by atoms with E-state index in [1.165, 1.54) is 26.4 Å². The Hall–Kier alpha value is -3.47. The van der Waals surface area contributed by atoms with Gasteiger partial charge in [0.05, 0.1) is 39.7 Å². The predicted molar refractivity (Wildman–Crippen MR) is 169 cm³/mol. The van der Waals surface area contributed by atoms with E-state index in [1.54, 1.807) is 24.3 Å². The molecule has 12 heteroatoms. The van der Waals surface area contributed by atoms with Gasteiger partial charge in [-0.25, -0.2) is 9.67 Å². The van der Waals surface area contributed by atoms with Crippen molar-refractivity contribution in [2.75, 3.05) is 12.4 Å². The van der Waals surface area contributed by atoms with Crippen LogP contribution in [0.4, 0.5) is 5.69 Å². The normalized spacial score (nSPS) is 16.6. The van der Waals surface area contributed by atoms with Crippen molar-refractivity contribution in [3.05, 3.63) is 91.3 Å². The molecule has 1 fully saturated rings. The van der Waals surface area contributed by atoms with E-state index in [-0.39, 0.29) is 16.6 Å². The average Bonchev–Trinajstić information content (AvgIpc) is 2.99. The van der Waals surface area contributed by atoms with Gasteiger partial charge in [-0.15, -0.1) is 0 Å². The summed E-state index contributed by atoms with van der Waals surface area (Å²) in [6.07, 6.45) is 4.74. The molecule has 5 rings (SSSR count). The number of pyridine rings is 1. The molecule has 43 heavy (non-hydrogen) atoms. The van der Waals surface area contributed by atoms with Crippen LogP contribution in [-0.2, 0) is 13.6 Å². The summed E-state index contributed by atoms with van der Waals surface area (Å²) in [4.78, 5) is 29.9. The zero-order valence-electron chi connectivity index (χ0n) is 23.5. The largest absolute Gasteiger partial charge is 0.481 e. The van der Waals surface area contributed by atoms with Crippen molar-refractivity contribution in [1.82, 2.24) is 20.1 Å². The quantitative estimate of drug-likeness (QED) is 0.212. The summed E-state index contributed by atoms with van der Waals surface area (Å²) in [5, 5.41) is 21.4. The van der Waals surface area contributed by atoms with Crippen LogP contribution in [0.3, 0.4) is 0 Å². The number of nitrogens with zero attached hydrogens (tertiary/aromatic N) is 3. The highest BCUT2D eigenvalue weighted by molar-refractivity contribution is 6.39. The lowest BCUT2D eigenvalue weighted by atomic mass is 9.92. The molecule has 3 N–H and O–H groups in total. The van der Waals surface area contributed by atoms with Crippen LogP contribution in [0.25, 0.3) is 22.4 Å². The second-order valence-corrected chi connectivity index (χ2v) is 11.4. The van der Waals surface area contributed by atoms with E-state index < -0.39 is 17.6 Å². The van der Waals surface area contributed by atoms with Crippen molar-refractivity contribution < 1.29 is 14.6 Å². The van der Waals surface area contributed by atoms with Gasteiger partial charge in [0, 0.05) is 48.1 Å². The summed E-state index contributed by atoms with van der Waals surface area (Å²) in [5.74, 6) is -0.257. The molecule has 9 nitrogen and oxygen atoms in total. The average molecular weight is 643 g/mol. The number of hydrogen-bond donors (Lipinski definition) is 3. The van der Waals surface area contributed by atoms with Gasteiger partial charge in [0.25, 0.3) is 11.5 Å². The highest BCUT2D eigenvalue weighted by Crippen LogP contribution is 2.42. The monoisotopic (exact) mass is 641 g/mol. The Balaban J connectivity index is 1.44. The zero-order valence-corrected chi connectivity index (χ0v) is 25.8. The third-order valence-electron chi connectivity index (χ3n) is 7.56. The van der Waals surface area contributed by atoms with Crippen molar-refractivity contribution in [2.24, 2.45) is 7.05 Å². The van der Waals surface area contributed by atoms with Crippen LogP contribution in [-0.4, -0.2) is 45.0 Å². The van der Waals surface area contributed by atoms with Crippen LogP contribution < -0.4 is 20.9 Å². The van der Waals surface area contributed by atoms with Gasteiger partial charge in [-0.2, -0.15) is 5.10 Å². The number of carbonyl (C=O) groups is 1. The molecule has 0 unspecified atom stereocenters. The lowest BCUT2D eigenvalue weighted by Gasteiger charge is -2.28. The molecule has 1 aliphatic carbocycles. The number of hydrogen-bond acceptors (Lipinski definition) is 7. The van der Waals surface area contributed by atoms with E-state index in [0.29, 0.717) is 56.1 Å². The molecule has 0 aliphatic heterocycles. The van der Waals surface area contributed by atoms with Gasteiger partial charge in [-0.1, -0.05) is 78.0 Å². The molecule has 0 spiro atoms. The standard InChI is InChI=1S/C31H30Cl3N5O4/c1-39-31(42)20(13-14-36-39)29(41)37-24-11-6-8-18(28(24)34)17-7-5-9-19(27(17)33)25-15-22(32)21(30(38-25)43-2)16-35-23-10-3-4-12-26(23)40/h5-9,11,13-15,23,26,35,40H,3-4,10,12,16H2,1-2H3,(H,37,41)/t23-,26+/m1/s1. The zero-order chi connectivity index (χ0) is 30.7. The topological polar surface area (TPSA) is 118 Å². The number of aryl methyl sites for hydroxylation is 1. The lowest BCUT2D eigenvalue weighted by molar-refractivity contribution is 0.0901. The summed E-state index contributed by atoms with van der Waals surface area (Å²) >= 11 is 20.5. The number of aliphatic hydroxyl groups is 1. The second kappa shape index (κ2) is 13.4. The number of nitrogens with one attached hydrogen (secondary N) is 2. The Morgan fingerprint density at radius 2 is 1.74 bits per heavy atom. The Morgan fingerprint density at radius 1 is 1.05 bits per heavy atom. The minimum atomic E-state index is -0.611. The van der Waals surface area contributed by atoms with Crippen molar-refractivity contribution in [2.45, 2.75) is 44.4 Å². The fourth-order valence-electron chi connectivity index (χ4n) is 5.21. The fraction of sp³-hybridized carbons (Fsp3) is 0.290. The maximum absolute atomic E-state index is 12.9. The number of halogens is 3. The lowest BCUT2D eigenvalue weighted by Crippen LogP contribution is -2.41. The van der Waals surface area contributed by atoms with Gasteiger partial charge in [0.15, 0.2) is 0 Å². The van der Waals surface area contributed by atoms with Crippen molar-refractivity contribution in [3.63, 3.8) is 0 Å². The number of aliphatic hydroxyl groups excluding tert-OH is 1. The van der Waals surface area contributed by atoms with Crippen molar-refractivity contribution >= 4 is 46.4 Å². The minimum absolute atomic E-state index is 0.0133. The van der Waals surface area contributed by atoms with Gasteiger partial charge in [0.2, 0.25) is 5.88 Å². The van der Waals surface area contributed by atoms with E-state index in [9.17, 15) is 14.7 Å². The molecule has 1 amide bonds. The highest BCUT2D eigenvalue weighted by Gasteiger charge is 2.24. The third-order valence-corrected chi connectivity index (χ3v) is 8.71. The Kier molecular flexibility index (Phi) is 9.68. The molecule has 2 aromatic carbocycles. The molecular formula is C31H30Cl3N5O4.